The van der Waals surface area contributed by atoms with E-state index in [0.29, 0.717) is 26.1 Å². The number of benzene rings is 1. The highest BCUT2D eigenvalue weighted by atomic mass is 16.5. The molecule has 1 unspecified atom stereocenters. The molecule has 1 N–H and O–H groups in total. The highest BCUT2D eigenvalue weighted by molar-refractivity contribution is 5.86. The number of ether oxygens (including phenoxy) is 1. The number of hydrogen-bond acceptors (Lipinski definition) is 3. The number of rotatable bonds is 8. The van der Waals surface area contributed by atoms with Crippen LogP contribution in [0.2, 0.25) is 0 Å². The van der Waals surface area contributed by atoms with Crippen molar-refractivity contribution in [3.8, 4) is 5.75 Å². The summed E-state index contributed by atoms with van der Waals surface area (Å²) in [6, 6.07) is 7.87. The highest BCUT2D eigenvalue weighted by Crippen LogP contribution is 2.19. The van der Waals surface area contributed by atoms with Crippen molar-refractivity contribution in [3.63, 3.8) is 0 Å². The minimum Gasteiger partial charge on any atom is -0.494 e. The fourth-order valence-corrected chi connectivity index (χ4v) is 2.54. The molecule has 5 heteroatoms. The van der Waals surface area contributed by atoms with E-state index >= 15 is 0 Å². The van der Waals surface area contributed by atoms with E-state index in [2.05, 4.69) is 6.92 Å². The van der Waals surface area contributed by atoms with Crippen molar-refractivity contribution < 1.29 is 19.4 Å². The zero-order chi connectivity index (χ0) is 15.9. The van der Waals surface area contributed by atoms with Gasteiger partial charge in [0.15, 0.2) is 0 Å². The summed E-state index contributed by atoms with van der Waals surface area (Å²) in [4.78, 5) is 24.4. The first-order valence-corrected chi connectivity index (χ1v) is 7.82. The average Bonchev–Trinajstić information content (AvgIpc) is 2.87. The molecule has 1 heterocycles. The molecule has 0 saturated carbocycles. The Balaban J connectivity index is 1.85. The maximum Gasteiger partial charge on any atom is 0.308 e. The number of carbonyl (C=O) groups excluding carboxylic acids is 1. The van der Waals surface area contributed by atoms with Crippen molar-refractivity contribution in [3.05, 3.63) is 29.8 Å². The first kappa shape index (κ1) is 16.3. The summed E-state index contributed by atoms with van der Waals surface area (Å²) in [7, 11) is 0. The Labute approximate surface area is 130 Å². The second kappa shape index (κ2) is 7.82. The average molecular weight is 305 g/mol. The Hall–Kier alpha value is -2.04. The van der Waals surface area contributed by atoms with Crippen molar-refractivity contribution in [1.82, 2.24) is 4.90 Å². The topological polar surface area (TPSA) is 66.8 Å². The van der Waals surface area contributed by atoms with Gasteiger partial charge in [0.05, 0.1) is 12.5 Å². The first-order chi connectivity index (χ1) is 10.6. The van der Waals surface area contributed by atoms with Gasteiger partial charge in [-0.2, -0.15) is 0 Å². The zero-order valence-corrected chi connectivity index (χ0v) is 13.0. The number of likely N-dealkylation sites (tertiary alicyclic amines) is 1. The fraction of sp³-hybridized carbons (Fsp3) is 0.529. The van der Waals surface area contributed by atoms with E-state index in [1.165, 1.54) is 0 Å². The van der Waals surface area contributed by atoms with Gasteiger partial charge in [0.1, 0.15) is 5.75 Å². The Bertz CT molecular complexity index is 529. The minimum absolute atomic E-state index is 0.0669. The van der Waals surface area contributed by atoms with Crippen molar-refractivity contribution in [2.75, 3.05) is 19.7 Å². The largest absolute Gasteiger partial charge is 0.494 e. The molecular formula is C17H23NO4. The van der Waals surface area contributed by atoms with Crippen LogP contribution in [-0.2, 0) is 16.0 Å². The number of amides is 1. The third-order valence-electron chi connectivity index (χ3n) is 3.90. The van der Waals surface area contributed by atoms with Gasteiger partial charge in [-0.05, 0) is 30.5 Å². The van der Waals surface area contributed by atoms with E-state index in [1.54, 1.807) is 4.90 Å². The second-order valence-corrected chi connectivity index (χ2v) is 5.68. The van der Waals surface area contributed by atoms with Crippen LogP contribution in [-0.4, -0.2) is 41.6 Å². The molecule has 2 rings (SSSR count). The number of carbonyl (C=O) groups is 2. The summed E-state index contributed by atoms with van der Waals surface area (Å²) in [6.45, 7) is 3.71. The molecule has 1 aromatic carbocycles. The molecule has 22 heavy (non-hydrogen) atoms. The first-order valence-electron chi connectivity index (χ1n) is 7.82. The number of carboxylic acid groups (broad SMARTS) is 1. The van der Waals surface area contributed by atoms with Crippen molar-refractivity contribution in [2.24, 2.45) is 5.92 Å². The molecule has 1 atom stereocenters. The normalized spacial score (nSPS) is 17.8. The van der Waals surface area contributed by atoms with Gasteiger partial charge >= 0.3 is 5.97 Å². The van der Waals surface area contributed by atoms with Crippen molar-refractivity contribution in [2.45, 2.75) is 32.6 Å². The summed E-state index contributed by atoms with van der Waals surface area (Å²) < 4.78 is 5.67. The van der Waals surface area contributed by atoms with Gasteiger partial charge in [-0.1, -0.05) is 25.5 Å². The molecule has 1 aromatic rings. The van der Waals surface area contributed by atoms with Crippen LogP contribution in [0.4, 0.5) is 0 Å². The molecule has 5 nitrogen and oxygen atoms in total. The molecule has 0 aromatic heterocycles. The predicted octanol–water partition coefficient (Wildman–Crippen LogP) is 2.34. The summed E-state index contributed by atoms with van der Waals surface area (Å²) in [5, 5.41) is 8.98. The van der Waals surface area contributed by atoms with E-state index in [4.69, 9.17) is 9.84 Å². The van der Waals surface area contributed by atoms with Crippen LogP contribution in [0.5, 0.6) is 5.75 Å². The molecule has 0 radical (unpaired) electrons. The molecule has 1 amide bonds. The maximum atomic E-state index is 11.8. The SMILES string of the molecule is CCCCOc1cccc(CCN2CC(C(=O)O)CC2=O)c1. The van der Waals surface area contributed by atoms with E-state index in [-0.39, 0.29) is 12.3 Å². The van der Waals surface area contributed by atoms with Crippen LogP contribution in [0.25, 0.3) is 0 Å². The quantitative estimate of drug-likeness (QED) is 0.749. The summed E-state index contributed by atoms with van der Waals surface area (Å²) >= 11 is 0. The molecule has 0 bridgehead atoms. The molecule has 1 saturated heterocycles. The minimum atomic E-state index is -0.887. The number of unbranched alkanes of at least 4 members (excludes halogenated alkanes) is 1. The standard InChI is InChI=1S/C17H23NO4/c1-2-3-9-22-15-6-4-5-13(10-15)7-8-18-12-14(17(20)21)11-16(18)19/h4-6,10,14H,2-3,7-9,11-12H2,1H3,(H,20,21). The lowest BCUT2D eigenvalue weighted by Gasteiger charge is -2.16. The number of carboxylic acids is 1. The Morgan fingerprint density at radius 1 is 1.45 bits per heavy atom. The van der Waals surface area contributed by atoms with Crippen LogP contribution in [0.3, 0.4) is 0 Å². The second-order valence-electron chi connectivity index (χ2n) is 5.68. The van der Waals surface area contributed by atoms with Crippen molar-refractivity contribution in [1.29, 1.82) is 0 Å². The van der Waals surface area contributed by atoms with Gasteiger partial charge in [-0.15, -0.1) is 0 Å². The van der Waals surface area contributed by atoms with Crippen LogP contribution >= 0.6 is 0 Å². The highest BCUT2D eigenvalue weighted by Gasteiger charge is 2.33. The smallest absolute Gasteiger partial charge is 0.308 e. The lowest BCUT2D eigenvalue weighted by Crippen LogP contribution is -2.28. The number of nitrogens with zero attached hydrogens (tertiary/aromatic N) is 1. The molecule has 1 fully saturated rings. The molecule has 1 aliphatic heterocycles. The molecule has 120 valence electrons. The Kier molecular flexibility index (Phi) is 5.81. The summed E-state index contributed by atoms with van der Waals surface area (Å²) in [6.07, 6.45) is 2.96. The van der Waals surface area contributed by atoms with Crippen LogP contribution in [0, 0.1) is 5.92 Å². The maximum absolute atomic E-state index is 11.8. The Morgan fingerprint density at radius 3 is 2.95 bits per heavy atom. The number of aliphatic carboxylic acids is 1. The van der Waals surface area contributed by atoms with Crippen molar-refractivity contribution >= 4 is 11.9 Å². The van der Waals surface area contributed by atoms with Crippen LogP contribution in [0.1, 0.15) is 31.7 Å². The Morgan fingerprint density at radius 2 is 2.27 bits per heavy atom. The molecule has 0 spiro atoms. The number of hydrogen-bond donors (Lipinski definition) is 1. The van der Waals surface area contributed by atoms with Gasteiger partial charge < -0.3 is 14.7 Å². The lowest BCUT2D eigenvalue weighted by atomic mass is 10.1. The fourth-order valence-electron chi connectivity index (χ4n) is 2.54. The van der Waals surface area contributed by atoms with Gasteiger partial charge in [0.25, 0.3) is 0 Å². The zero-order valence-electron chi connectivity index (χ0n) is 13.0. The van der Waals surface area contributed by atoms with E-state index < -0.39 is 11.9 Å². The van der Waals surface area contributed by atoms with E-state index in [0.717, 1.165) is 24.2 Å². The third-order valence-corrected chi connectivity index (χ3v) is 3.90. The summed E-state index contributed by atoms with van der Waals surface area (Å²) in [5.41, 5.74) is 1.10. The van der Waals surface area contributed by atoms with E-state index in [1.807, 2.05) is 24.3 Å². The van der Waals surface area contributed by atoms with E-state index in [9.17, 15) is 9.59 Å². The third kappa shape index (κ3) is 4.48. The van der Waals surface area contributed by atoms with Gasteiger partial charge in [-0.25, -0.2) is 0 Å². The summed E-state index contributed by atoms with van der Waals surface area (Å²) in [5.74, 6) is -0.664. The van der Waals surface area contributed by atoms with Crippen LogP contribution < -0.4 is 4.74 Å². The lowest BCUT2D eigenvalue weighted by molar-refractivity contribution is -0.141. The van der Waals surface area contributed by atoms with Gasteiger partial charge in [0.2, 0.25) is 5.91 Å². The molecular weight excluding hydrogens is 282 g/mol. The molecule has 0 aliphatic carbocycles. The molecule has 1 aliphatic rings. The monoisotopic (exact) mass is 305 g/mol. The van der Waals surface area contributed by atoms with Gasteiger partial charge in [0, 0.05) is 19.5 Å². The van der Waals surface area contributed by atoms with Crippen LogP contribution in [0.15, 0.2) is 24.3 Å². The predicted molar refractivity (Wildman–Crippen MR) is 82.9 cm³/mol. The van der Waals surface area contributed by atoms with Gasteiger partial charge in [-0.3, -0.25) is 9.59 Å².